The van der Waals surface area contributed by atoms with Gasteiger partial charge in [0.2, 0.25) is 0 Å². The van der Waals surface area contributed by atoms with E-state index in [2.05, 4.69) is 17.5 Å². The van der Waals surface area contributed by atoms with Crippen LogP contribution in [-0.4, -0.2) is 13.6 Å². The average Bonchev–Trinajstić information content (AvgIpc) is 2.20. The smallest absolute Gasteiger partial charge is 0.0553 e. The van der Waals surface area contributed by atoms with Crippen LogP contribution >= 0.6 is 0 Å². The molecule has 1 rings (SSSR count). The van der Waals surface area contributed by atoms with E-state index in [1.807, 2.05) is 26.1 Å². The summed E-state index contributed by atoms with van der Waals surface area (Å²) < 4.78 is 0. The molecule has 0 saturated heterocycles. The van der Waals surface area contributed by atoms with Crippen molar-refractivity contribution in [2.24, 2.45) is 0 Å². The zero-order valence-corrected chi connectivity index (χ0v) is 9.38. The van der Waals surface area contributed by atoms with Crippen molar-refractivity contribution in [1.82, 2.24) is 5.32 Å². The van der Waals surface area contributed by atoms with Gasteiger partial charge in [-0.1, -0.05) is 12.2 Å². The van der Waals surface area contributed by atoms with E-state index in [1.165, 1.54) is 0 Å². The molecule has 0 spiro atoms. The van der Waals surface area contributed by atoms with Crippen LogP contribution in [0.4, 0.5) is 11.4 Å². The van der Waals surface area contributed by atoms with E-state index >= 15 is 0 Å². The monoisotopic (exact) mass is 205 g/mol. The molecule has 0 unspecified atom stereocenters. The van der Waals surface area contributed by atoms with E-state index in [4.69, 9.17) is 11.5 Å². The predicted molar refractivity (Wildman–Crippen MR) is 67.6 cm³/mol. The Hall–Kier alpha value is -1.48. The molecule has 0 aliphatic heterocycles. The molecule has 1 aromatic carbocycles. The van der Waals surface area contributed by atoms with Crippen LogP contribution in [0.25, 0.3) is 6.08 Å². The number of anilines is 2. The Morgan fingerprint density at radius 3 is 2.60 bits per heavy atom. The molecule has 0 radical (unpaired) electrons. The van der Waals surface area contributed by atoms with Crippen LogP contribution < -0.4 is 16.8 Å². The van der Waals surface area contributed by atoms with Crippen LogP contribution in [0.5, 0.6) is 0 Å². The lowest BCUT2D eigenvalue weighted by molar-refractivity contribution is 0.809. The number of benzene rings is 1. The van der Waals surface area contributed by atoms with Crippen LogP contribution in [0.1, 0.15) is 17.5 Å². The highest BCUT2D eigenvalue weighted by Gasteiger charge is 1.99. The average molecular weight is 205 g/mol. The fourth-order valence-electron chi connectivity index (χ4n) is 1.38. The summed E-state index contributed by atoms with van der Waals surface area (Å²) >= 11 is 0. The van der Waals surface area contributed by atoms with Gasteiger partial charge < -0.3 is 16.8 Å². The lowest BCUT2D eigenvalue weighted by Crippen LogP contribution is -2.05. The second-order valence-corrected chi connectivity index (χ2v) is 3.63. The van der Waals surface area contributed by atoms with Gasteiger partial charge in [0.1, 0.15) is 0 Å². The summed E-state index contributed by atoms with van der Waals surface area (Å²) in [5.74, 6) is 0. The minimum Gasteiger partial charge on any atom is -0.397 e. The van der Waals surface area contributed by atoms with Crippen molar-refractivity contribution in [2.75, 3.05) is 25.1 Å². The van der Waals surface area contributed by atoms with Crippen molar-refractivity contribution >= 4 is 17.5 Å². The minimum absolute atomic E-state index is 0.647. The van der Waals surface area contributed by atoms with Gasteiger partial charge in [0.25, 0.3) is 0 Å². The van der Waals surface area contributed by atoms with E-state index in [1.54, 1.807) is 0 Å². The maximum absolute atomic E-state index is 5.75. The molecule has 0 aliphatic carbocycles. The van der Waals surface area contributed by atoms with Gasteiger partial charge in [0.15, 0.2) is 0 Å². The standard InChI is InChI=1S/C12H19N3/c1-9-7-11(13)12(14)8-10(9)5-3-4-6-15-2/h3,5,7-8,15H,4,6,13-14H2,1-2H3. The maximum atomic E-state index is 5.75. The summed E-state index contributed by atoms with van der Waals surface area (Å²) in [5.41, 5.74) is 15.0. The molecular weight excluding hydrogens is 186 g/mol. The Morgan fingerprint density at radius 1 is 1.27 bits per heavy atom. The highest BCUT2D eigenvalue weighted by atomic mass is 14.8. The number of nitrogen functional groups attached to an aromatic ring is 2. The number of hydrogen-bond donors (Lipinski definition) is 3. The van der Waals surface area contributed by atoms with E-state index < -0.39 is 0 Å². The Balaban J connectivity index is 2.77. The van der Waals surface area contributed by atoms with Gasteiger partial charge in [-0.15, -0.1) is 0 Å². The predicted octanol–water partition coefficient (Wildman–Crippen LogP) is 1.78. The molecule has 3 heteroatoms. The van der Waals surface area contributed by atoms with Gasteiger partial charge in [-0.05, 0) is 50.2 Å². The molecule has 0 aliphatic rings. The Labute approximate surface area is 91.2 Å². The molecule has 0 saturated carbocycles. The molecule has 1 aromatic rings. The Bertz CT molecular complexity index is 356. The van der Waals surface area contributed by atoms with Crippen LogP contribution in [0.2, 0.25) is 0 Å². The number of nitrogens with one attached hydrogen (secondary N) is 1. The molecule has 15 heavy (non-hydrogen) atoms. The lowest BCUT2D eigenvalue weighted by Gasteiger charge is -2.05. The first kappa shape index (κ1) is 11.6. The van der Waals surface area contributed by atoms with Crippen LogP contribution in [-0.2, 0) is 0 Å². The normalized spacial score (nSPS) is 11.1. The number of hydrogen-bond acceptors (Lipinski definition) is 3. The van der Waals surface area contributed by atoms with Gasteiger partial charge in [0.05, 0.1) is 11.4 Å². The summed E-state index contributed by atoms with van der Waals surface area (Å²) in [5, 5.41) is 3.09. The summed E-state index contributed by atoms with van der Waals surface area (Å²) in [4.78, 5) is 0. The fraction of sp³-hybridized carbons (Fsp3) is 0.333. The van der Waals surface area contributed by atoms with Gasteiger partial charge in [-0.2, -0.15) is 0 Å². The van der Waals surface area contributed by atoms with Crippen molar-refractivity contribution in [3.63, 3.8) is 0 Å². The number of nitrogens with two attached hydrogens (primary N) is 2. The topological polar surface area (TPSA) is 64.1 Å². The molecular formula is C12H19N3. The largest absolute Gasteiger partial charge is 0.397 e. The Morgan fingerprint density at radius 2 is 1.93 bits per heavy atom. The number of rotatable bonds is 4. The summed E-state index contributed by atoms with van der Waals surface area (Å²) in [6, 6.07) is 3.83. The molecule has 82 valence electrons. The van der Waals surface area contributed by atoms with Gasteiger partial charge in [-0.25, -0.2) is 0 Å². The molecule has 5 N–H and O–H groups in total. The Kier molecular flexibility index (Phi) is 4.18. The zero-order chi connectivity index (χ0) is 11.3. The molecule has 0 aromatic heterocycles. The molecule has 0 fully saturated rings. The van der Waals surface area contributed by atoms with Crippen molar-refractivity contribution < 1.29 is 0 Å². The summed E-state index contributed by atoms with van der Waals surface area (Å²) in [6.45, 7) is 3.02. The summed E-state index contributed by atoms with van der Waals surface area (Å²) in [7, 11) is 1.94. The summed E-state index contributed by atoms with van der Waals surface area (Å²) in [6.07, 6.45) is 5.23. The molecule has 0 heterocycles. The van der Waals surface area contributed by atoms with Crippen LogP contribution in [0.3, 0.4) is 0 Å². The third kappa shape index (κ3) is 3.29. The van der Waals surface area contributed by atoms with Crippen molar-refractivity contribution in [3.05, 3.63) is 29.3 Å². The molecule has 0 bridgehead atoms. The van der Waals surface area contributed by atoms with Crippen LogP contribution in [0.15, 0.2) is 18.2 Å². The highest BCUT2D eigenvalue weighted by Crippen LogP contribution is 2.21. The van der Waals surface area contributed by atoms with Gasteiger partial charge in [-0.3, -0.25) is 0 Å². The van der Waals surface area contributed by atoms with E-state index in [9.17, 15) is 0 Å². The third-order valence-corrected chi connectivity index (χ3v) is 2.33. The zero-order valence-electron chi connectivity index (χ0n) is 9.38. The second-order valence-electron chi connectivity index (χ2n) is 3.63. The number of aryl methyl sites for hydroxylation is 1. The van der Waals surface area contributed by atoms with Crippen LogP contribution in [0, 0.1) is 6.92 Å². The quantitative estimate of drug-likeness (QED) is 0.518. The van der Waals surface area contributed by atoms with Gasteiger partial charge in [0, 0.05) is 0 Å². The van der Waals surface area contributed by atoms with E-state index in [0.29, 0.717) is 11.4 Å². The minimum atomic E-state index is 0.647. The first-order chi connectivity index (χ1) is 7.15. The SMILES string of the molecule is CNCCC=Cc1cc(N)c(N)cc1C. The van der Waals surface area contributed by atoms with Crippen molar-refractivity contribution in [3.8, 4) is 0 Å². The third-order valence-electron chi connectivity index (χ3n) is 2.33. The van der Waals surface area contributed by atoms with E-state index in [0.717, 1.165) is 24.1 Å². The first-order valence-corrected chi connectivity index (χ1v) is 5.12. The first-order valence-electron chi connectivity index (χ1n) is 5.12. The fourth-order valence-corrected chi connectivity index (χ4v) is 1.38. The lowest BCUT2D eigenvalue weighted by atomic mass is 10.1. The highest BCUT2D eigenvalue weighted by molar-refractivity contribution is 5.70. The van der Waals surface area contributed by atoms with Crippen molar-refractivity contribution in [2.45, 2.75) is 13.3 Å². The molecule has 0 amide bonds. The van der Waals surface area contributed by atoms with E-state index in [-0.39, 0.29) is 0 Å². The van der Waals surface area contributed by atoms with Gasteiger partial charge >= 0.3 is 0 Å². The molecule has 0 atom stereocenters. The second kappa shape index (κ2) is 5.41. The molecule has 3 nitrogen and oxygen atoms in total. The van der Waals surface area contributed by atoms with Crippen molar-refractivity contribution in [1.29, 1.82) is 0 Å². The maximum Gasteiger partial charge on any atom is 0.0553 e.